The normalized spacial score (nSPS) is 13.4. The highest BCUT2D eigenvalue weighted by molar-refractivity contribution is 7.99. The molecule has 0 aliphatic heterocycles. The van der Waals surface area contributed by atoms with Crippen LogP contribution in [0.15, 0.2) is 154 Å². The molecule has 3 heterocycles. The molecule has 0 atom stereocenters. The van der Waals surface area contributed by atoms with Crippen LogP contribution >= 0.6 is 11.8 Å². The molecule has 0 fully saturated rings. The molecule has 1 aliphatic rings. The van der Waals surface area contributed by atoms with Gasteiger partial charge in [-0.15, -0.1) is 0 Å². The predicted molar refractivity (Wildman–Crippen MR) is 199 cm³/mol. The van der Waals surface area contributed by atoms with Gasteiger partial charge in [0.15, 0.2) is 0 Å². The maximum absolute atomic E-state index is 9.16. The largest absolute Gasteiger partial charge is 0.456 e. The quantitative estimate of drug-likeness (QED) is 0.194. The van der Waals surface area contributed by atoms with Crippen molar-refractivity contribution in [2.45, 2.75) is 22.6 Å². The van der Waals surface area contributed by atoms with Crippen LogP contribution < -0.4 is 0 Å². The fourth-order valence-corrected chi connectivity index (χ4v) is 8.39. The number of benzene rings is 6. The van der Waals surface area contributed by atoms with Crippen molar-refractivity contribution in [2.75, 3.05) is 0 Å². The van der Waals surface area contributed by atoms with Crippen LogP contribution in [0.5, 0.6) is 0 Å². The van der Waals surface area contributed by atoms with E-state index in [4.69, 9.17) is 9.68 Å². The van der Waals surface area contributed by atoms with E-state index in [0.29, 0.717) is 5.56 Å². The number of aromatic nitrogens is 2. The zero-order chi connectivity index (χ0) is 31.8. The summed E-state index contributed by atoms with van der Waals surface area (Å²) in [7, 11) is 0. The van der Waals surface area contributed by atoms with Gasteiger partial charge in [0.25, 0.3) is 0 Å². The smallest absolute Gasteiger partial charge is 0.137 e. The fourth-order valence-electron chi connectivity index (χ4n) is 7.57. The van der Waals surface area contributed by atoms with E-state index in [0.717, 1.165) is 50.3 Å². The SMILES string of the molecule is N#Cc1ccc(Sc2ccc(-n3c4ccccc4c4c5c6ccc7oc8ccccc8c7c6n(C6=CCCC=C6)c5ccc43)cc2)cc1. The Kier molecular flexibility index (Phi) is 5.96. The molecule has 1 aliphatic carbocycles. The van der Waals surface area contributed by atoms with Gasteiger partial charge in [-0.2, -0.15) is 5.26 Å². The molecule has 226 valence electrons. The molecule has 0 bridgehead atoms. The van der Waals surface area contributed by atoms with E-state index in [1.54, 1.807) is 11.8 Å². The standard InChI is InChI=1S/C43H27N3OS/c44-26-27-14-18-30(19-15-27)48-31-20-16-29(17-21-31)45-35-12-6-4-10-32(35)40-36(45)23-24-37-41(40)34-22-25-39-42(33-11-5-7-13-38(33)47-39)43(34)46(37)28-8-2-1-3-9-28/h2,4-25H,1,3H2. The second-order valence-corrected chi connectivity index (χ2v) is 13.5. The first kappa shape index (κ1) is 27.2. The van der Waals surface area contributed by atoms with E-state index in [2.05, 4.69) is 124 Å². The Morgan fingerprint density at radius 3 is 2.06 bits per heavy atom. The zero-order valence-electron chi connectivity index (χ0n) is 25.9. The van der Waals surface area contributed by atoms with E-state index in [9.17, 15) is 0 Å². The van der Waals surface area contributed by atoms with Gasteiger partial charge in [-0.25, -0.2) is 0 Å². The molecule has 4 nitrogen and oxygen atoms in total. The molecule has 0 amide bonds. The van der Waals surface area contributed by atoms with Crippen molar-refractivity contribution in [2.24, 2.45) is 0 Å². The number of para-hydroxylation sites is 2. The number of nitrogens with zero attached hydrogens (tertiary/aromatic N) is 3. The highest BCUT2D eigenvalue weighted by Gasteiger charge is 2.24. The highest BCUT2D eigenvalue weighted by atomic mass is 32.2. The van der Waals surface area contributed by atoms with Gasteiger partial charge in [0.05, 0.1) is 39.1 Å². The molecule has 3 aromatic heterocycles. The van der Waals surface area contributed by atoms with Crippen LogP contribution in [-0.2, 0) is 0 Å². The Morgan fingerprint density at radius 1 is 0.583 bits per heavy atom. The van der Waals surface area contributed by atoms with Crippen LogP contribution in [0.1, 0.15) is 18.4 Å². The Labute approximate surface area is 280 Å². The summed E-state index contributed by atoms with van der Waals surface area (Å²) in [6.07, 6.45) is 9.01. The number of hydrogen-bond acceptors (Lipinski definition) is 3. The first-order valence-electron chi connectivity index (χ1n) is 16.2. The van der Waals surface area contributed by atoms with Gasteiger partial charge in [-0.05, 0) is 104 Å². The molecular formula is C43H27N3OS. The first-order chi connectivity index (χ1) is 23.8. The minimum Gasteiger partial charge on any atom is -0.456 e. The summed E-state index contributed by atoms with van der Waals surface area (Å²) in [5.41, 5.74) is 9.57. The van der Waals surface area contributed by atoms with Crippen LogP contribution in [-0.4, -0.2) is 9.13 Å². The van der Waals surface area contributed by atoms with Gasteiger partial charge in [-0.1, -0.05) is 60.3 Å². The van der Waals surface area contributed by atoms with Crippen molar-refractivity contribution in [3.8, 4) is 11.8 Å². The second-order valence-electron chi connectivity index (χ2n) is 12.3. The van der Waals surface area contributed by atoms with Crippen molar-refractivity contribution in [3.05, 3.63) is 145 Å². The lowest BCUT2D eigenvalue weighted by Crippen LogP contribution is -1.97. The Morgan fingerprint density at radius 2 is 1.29 bits per heavy atom. The lowest BCUT2D eigenvalue weighted by atomic mass is 10.0. The van der Waals surface area contributed by atoms with Crippen molar-refractivity contribution in [1.82, 2.24) is 9.13 Å². The minimum atomic E-state index is 0.674. The zero-order valence-corrected chi connectivity index (χ0v) is 26.7. The summed E-state index contributed by atoms with van der Waals surface area (Å²) in [6.45, 7) is 0. The first-order valence-corrected chi connectivity index (χ1v) is 17.0. The summed E-state index contributed by atoms with van der Waals surface area (Å²) in [4.78, 5) is 2.26. The fraction of sp³-hybridized carbons (Fsp3) is 0.0465. The van der Waals surface area contributed by atoms with Crippen LogP contribution in [0.25, 0.3) is 76.9 Å². The molecule has 5 heteroatoms. The van der Waals surface area contributed by atoms with Crippen molar-refractivity contribution in [1.29, 1.82) is 5.26 Å². The Hall–Kier alpha value is -5.96. The number of allylic oxidation sites excluding steroid dienone is 4. The average Bonchev–Trinajstić information content (AvgIpc) is 3.80. The summed E-state index contributed by atoms with van der Waals surface area (Å²) >= 11 is 1.70. The van der Waals surface area contributed by atoms with E-state index >= 15 is 0 Å². The lowest BCUT2D eigenvalue weighted by Gasteiger charge is -2.13. The van der Waals surface area contributed by atoms with Crippen LogP contribution in [0.4, 0.5) is 0 Å². The van der Waals surface area contributed by atoms with E-state index in [1.165, 1.54) is 49.3 Å². The Balaban J connectivity index is 1.25. The molecule has 48 heavy (non-hydrogen) atoms. The number of hydrogen-bond donors (Lipinski definition) is 0. The topological polar surface area (TPSA) is 46.8 Å². The number of furan rings is 1. The molecule has 0 unspecified atom stereocenters. The maximum Gasteiger partial charge on any atom is 0.137 e. The Bertz CT molecular complexity index is 2860. The van der Waals surface area contributed by atoms with Gasteiger partial charge in [0.2, 0.25) is 0 Å². The van der Waals surface area contributed by atoms with Crippen LogP contribution in [0.3, 0.4) is 0 Å². The third kappa shape index (κ3) is 3.97. The van der Waals surface area contributed by atoms with Crippen molar-refractivity contribution in [3.63, 3.8) is 0 Å². The molecule has 9 aromatic rings. The summed E-state index contributed by atoms with van der Waals surface area (Å²) in [5.74, 6) is 0. The second kappa shape index (κ2) is 10.5. The highest BCUT2D eigenvalue weighted by Crippen LogP contribution is 2.46. The van der Waals surface area contributed by atoms with Gasteiger partial charge in [0.1, 0.15) is 11.2 Å². The number of rotatable bonds is 4. The van der Waals surface area contributed by atoms with E-state index in [1.807, 2.05) is 30.3 Å². The van der Waals surface area contributed by atoms with Crippen LogP contribution in [0, 0.1) is 11.3 Å². The summed E-state index contributed by atoms with van der Waals surface area (Å²) in [6, 6.07) is 44.9. The van der Waals surface area contributed by atoms with Gasteiger partial charge in [0, 0.05) is 48.1 Å². The molecule has 0 saturated heterocycles. The lowest BCUT2D eigenvalue weighted by molar-refractivity contribution is 0.669. The molecule has 10 rings (SSSR count). The molecule has 0 radical (unpaired) electrons. The average molecular weight is 634 g/mol. The van der Waals surface area contributed by atoms with Crippen molar-refractivity contribution >= 4 is 83.0 Å². The summed E-state index contributed by atoms with van der Waals surface area (Å²) in [5, 5.41) is 16.4. The number of nitriles is 1. The third-order valence-electron chi connectivity index (χ3n) is 9.61. The molecule has 0 saturated carbocycles. The monoisotopic (exact) mass is 633 g/mol. The van der Waals surface area contributed by atoms with E-state index in [-0.39, 0.29) is 0 Å². The summed E-state index contributed by atoms with van der Waals surface area (Å²) < 4.78 is 11.3. The van der Waals surface area contributed by atoms with Crippen molar-refractivity contribution < 1.29 is 4.42 Å². The van der Waals surface area contributed by atoms with E-state index < -0.39 is 0 Å². The van der Waals surface area contributed by atoms with Gasteiger partial charge in [-0.3, -0.25) is 0 Å². The minimum absolute atomic E-state index is 0.674. The van der Waals surface area contributed by atoms with Gasteiger partial charge < -0.3 is 13.6 Å². The third-order valence-corrected chi connectivity index (χ3v) is 10.6. The molecular weight excluding hydrogens is 607 g/mol. The van der Waals surface area contributed by atoms with Crippen LogP contribution in [0.2, 0.25) is 0 Å². The number of fused-ring (bicyclic) bond motifs is 11. The predicted octanol–water partition coefficient (Wildman–Crippen LogP) is 12.0. The maximum atomic E-state index is 9.16. The molecule has 6 aromatic carbocycles. The molecule has 0 spiro atoms. The molecule has 0 N–H and O–H groups in total. The van der Waals surface area contributed by atoms with Gasteiger partial charge >= 0.3 is 0 Å².